The number of carboxylic acids is 1. The second-order valence-electron chi connectivity index (χ2n) is 8.59. The molecule has 0 bridgehead atoms. The first-order chi connectivity index (χ1) is 16.1. The number of rotatable bonds is 8. The molecule has 0 aliphatic carbocycles. The Morgan fingerprint density at radius 3 is 2.44 bits per heavy atom. The molecule has 0 saturated carbocycles. The SMILES string of the molecule is CC1(C)SCN(C(=O)C(O)C(Cc2ccccc2)NC(=O)NCc2ccccc2Cl)C1C(=O)O. The average Bonchev–Trinajstić information content (AvgIpc) is 3.13. The van der Waals surface area contributed by atoms with Gasteiger partial charge in [0.05, 0.1) is 11.9 Å². The summed E-state index contributed by atoms with van der Waals surface area (Å²) >= 11 is 7.46. The molecule has 10 heteroatoms. The maximum atomic E-state index is 13.2. The van der Waals surface area contributed by atoms with Gasteiger partial charge in [-0.05, 0) is 37.5 Å². The largest absolute Gasteiger partial charge is 0.480 e. The minimum absolute atomic E-state index is 0.136. The number of nitrogens with one attached hydrogen (secondary N) is 2. The zero-order chi connectivity index (χ0) is 24.9. The Balaban J connectivity index is 1.75. The van der Waals surface area contributed by atoms with Crippen molar-refractivity contribution in [1.82, 2.24) is 15.5 Å². The molecule has 182 valence electrons. The zero-order valence-corrected chi connectivity index (χ0v) is 20.5. The molecule has 8 nitrogen and oxygen atoms in total. The van der Waals surface area contributed by atoms with Gasteiger partial charge in [-0.15, -0.1) is 11.8 Å². The monoisotopic (exact) mass is 505 g/mol. The Bertz CT molecular complexity index is 1040. The molecule has 2 aromatic rings. The van der Waals surface area contributed by atoms with Gasteiger partial charge in [0.15, 0.2) is 6.10 Å². The van der Waals surface area contributed by atoms with Crippen LogP contribution in [-0.2, 0) is 22.6 Å². The number of hydrogen-bond acceptors (Lipinski definition) is 5. The lowest BCUT2D eigenvalue weighted by Crippen LogP contribution is -2.57. The predicted octanol–water partition coefficient (Wildman–Crippen LogP) is 2.88. The van der Waals surface area contributed by atoms with Crippen LogP contribution < -0.4 is 10.6 Å². The van der Waals surface area contributed by atoms with E-state index in [-0.39, 0.29) is 18.8 Å². The van der Waals surface area contributed by atoms with Crippen molar-refractivity contribution in [3.63, 3.8) is 0 Å². The van der Waals surface area contributed by atoms with E-state index in [1.165, 1.54) is 16.7 Å². The van der Waals surface area contributed by atoms with Crippen molar-refractivity contribution >= 4 is 41.3 Å². The molecular weight excluding hydrogens is 478 g/mol. The molecule has 3 atom stereocenters. The van der Waals surface area contributed by atoms with E-state index >= 15 is 0 Å². The van der Waals surface area contributed by atoms with Gasteiger partial charge in [-0.1, -0.05) is 60.1 Å². The summed E-state index contributed by atoms with van der Waals surface area (Å²) in [6.07, 6.45) is -1.46. The molecule has 0 radical (unpaired) electrons. The fraction of sp³-hybridized carbons (Fsp3) is 0.375. The lowest BCUT2D eigenvalue weighted by atomic mass is 9.98. The minimum atomic E-state index is -1.64. The number of benzene rings is 2. The number of urea groups is 1. The molecule has 2 aromatic carbocycles. The van der Waals surface area contributed by atoms with Crippen molar-refractivity contribution in [3.05, 3.63) is 70.7 Å². The first kappa shape index (κ1) is 25.9. The molecule has 3 unspecified atom stereocenters. The Kier molecular flexibility index (Phi) is 8.46. The van der Waals surface area contributed by atoms with E-state index in [0.29, 0.717) is 5.02 Å². The Hall–Kier alpha value is -2.75. The first-order valence-corrected chi connectivity index (χ1v) is 12.1. The minimum Gasteiger partial charge on any atom is -0.480 e. The van der Waals surface area contributed by atoms with E-state index in [4.69, 9.17) is 11.6 Å². The van der Waals surface area contributed by atoms with Crippen LogP contribution in [0.1, 0.15) is 25.0 Å². The van der Waals surface area contributed by atoms with Gasteiger partial charge in [0.1, 0.15) is 6.04 Å². The molecule has 3 rings (SSSR count). The summed E-state index contributed by atoms with van der Waals surface area (Å²) in [5.74, 6) is -1.74. The molecule has 1 fully saturated rings. The van der Waals surface area contributed by atoms with E-state index < -0.39 is 40.8 Å². The van der Waals surface area contributed by atoms with Crippen LogP contribution >= 0.6 is 23.4 Å². The number of nitrogens with zero attached hydrogens (tertiary/aromatic N) is 1. The fourth-order valence-corrected chi connectivity index (χ4v) is 5.21. The lowest BCUT2D eigenvalue weighted by molar-refractivity contribution is -0.154. The molecule has 3 amide bonds. The van der Waals surface area contributed by atoms with Gasteiger partial charge in [-0.25, -0.2) is 9.59 Å². The first-order valence-electron chi connectivity index (χ1n) is 10.8. The van der Waals surface area contributed by atoms with E-state index in [0.717, 1.165) is 11.1 Å². The number of hydrogen-bond donors (Lipinski definition) is 4. The summed E-state index contributed by atoms with van der Waals surface area (Å²) < 4.78 is -0.712. The number of amides is 3. The maximum Gasteiger partial charge on any atom is 0.327 e. The number of carbonyl (C=O) groups is 3. The van der Waals surface area contributed by atoms with Crippen LogP contribution in [0, 0.1) is 0 Å². The number of aliphatic hydroxyl groups is 1. The average molecular weight is 506 g/mol. The summed E-state index contributed by atoms with van der Waals surface area (Å²) in [7, 11) is 0. The van der Waals surface area contributed by atoms with Gasteiger partial charge in [0.25, 0.3) is 5.91 Å². The highest BCUT2D eigenvalue weighted by molar-refractivity contribution is 8.00. The predicted molar refractivity (Wildman–Crippen MR) is 132 cm³/mol. The third kappa shape index (κ3) is 6.22. The standard InChI is InChI=1S/C24H28ClN3O5S/c1-24(2)20(22(31)32)28(14-34-24)21(30)19(29)18(12-15-8-4-3-5-9-15)27-23(33)26-13-16-10-6-7-11-17(16)25/h3-11,18-20,29H,12-14H2,1-2H3,(H,31,32)(H2,26,27,33). The van der Waals surface area contributed by atoms with Crippen LogP contribution in [-0.4, -0.2) is 61.8 Å². The fourth-order valence-electron chi connectivity index (χ4n) is 3.87. The molecule has 1 heterocycles. The van der Waals surface area contributed by atoms with Crippen molar-refractivity contribution in [3.8, 4) is 0 Å². The molecule has 1 aliphatic heterocycles. The van der Waals surface area contributed by atoms with Gasteiger partial charge in [0, 0.05) is 16.3 Å². The maximum absolute atomic E-state index is 13.2. The molecule has 0 spiro atoms. The summed E-state index contributed by atoms with van der Waals surface area (Å²) in [4.78, 5) is 38.9. The summed E-state index contributed by atoms with van der Waals surface area (Å²) in [5.41, 5.74) is 1.52. The smallest absolute Gasteiger partial charge is 0.327 e. The highest BCUT2D eigenvalue weighted by Gasteiger charge is 2.50. The summed E-state index contributed by atoms with van der Waals surface area (Å²) in [5, 5.41) is 26.6. The summed E-state index contributed by atoms with van der Waals surface area (Å²) in [6, 6.07) is 13.5. The molecule has 1 saturated heterocycles. The van der Waals surface area contributed by atoms with Gasteiger partial charge >= 0.3 is 12.0 Å². The van der Waals surface area contributed by atoms with Crippen molar-refractivity contribution in [2.75, 3.05) is 5.88 Å². The Labute approximate surface area is 207 Å². The second-order valence-corrected chi connectivity index (χ2v) is 10.6. The van der Waals surface area contributed by atoms with Gasteiger partial charge < -0.3 is 25.7 Å². The quantitative estimate of drug-likeness (QED) is 0.438. The van der Waals surface area contributed by atoms with Gasteiger partial charge in [-0.2, -0.15) is 0 Å². The number of aliphatic carboxylic acids is 1. The van der Waals surface area contributed by atoms with Gasteiger partial charge in [0.2, 0.25) is 0 Å². The zero-order valence-electron chi connectivity index (χ0n) is 18.9. The molecule has 1 aliphatic rings. The van der Waals surface area contributed by atoms with E-state index in [2.05, 4.69) is 10.6 Å². The normalized spacial score (nSPS) is 18.7. The van der Waals surface area contributed by atoms with Crippen LogP contribution in [0.25, 0.3) is 0 Å². The van der Waals surface area contributed by atoms with Crippen molar-refractivity contribution in [2.45, 2.75) is 49.7 Å². The molecule has 0 aromatic heterocycles. The van der Waals surface area contributed by atoms with Crippen LogP contribution in [0.2, 0.25) is 5.02 Å². The van der Waals surface area contributed by atoms with E-state index in [9.17, 15) is 24.6 Å². The highest BCUT2D eigenvalue weighted by Crippen LogP contribution is 2.39. The van der Waals surface area contributed by atoms with Gasteiger partial charge in [-0.3, -0.25) is 4.79 Å². The number of carbonyl (C=O) groups excluding carboxylic acids is 2. The highest BCUT2D eigenvalue weighted by atomic mass is 35.5. The van der Waals surface area contributed by atoms with Crippen LogP contribution in [0.15, 0.2) is 54.6 Å². The van der Waals surface area contributed by atoms with Crippen LogP contribution in [0.4, 0.5) is 4.79 Å². The third-order valence-corrected chi connectivity index (χ3v) is 7.45. The number of halogens is 1. The number of carboxylic acid groups (broad SMARTS) is 1. The number of aliphatic hydroxyl groups excluding tert-OH is 1. The molecule has 34 heavy (non-hydrogen) atoms. The molecular formula is C24H28ClN3O5S. The van der Waals surface area contributed by atoms with Crippen molar-refractivity contribution < 1.29 is 24.6 Å². The van der Waals surface area contributed by atoms with Crippen molar-refractivity contribution in [2.24, 2.45) is 0 Å². The topological polar surface area (TPSA) is 119 Å². The Morgan fingerprint density at radius 1 is 1.15 bits per heavy atom. The summed E-state index contributed by atoms with van der Waals surface area (Å²) in [6.45, 7) is 3.65. The Morgan fingerprint density at radius 2 is 1.79 bits per heavy atom. The number of thioether (sulfide) groups is 1. The van der Waals surface area contributed by atoms with E-state index in [1.54, 1.807) is 38.1 Å². The molecule has 4 N–H and O–H groups in total. The van der Waals surface area contributed by atoms with Crippen LogP contribution in [0.5, 0.6) is 0 Å². The van der Waals surface area contributed by atoms with Crippen LogP contribution in [0.3, 0.4) is 0 Å². The third-order valence-electron chi connectivity index (χ3n) is 5.71. The lowest BCUT2D eigenvalue weighted by Gasteiger charge is -2.31. The second kappa shape index (κ2) is 11.1. The van der Waals surface area contributed by atoms with Crippen molar-refractivity contribution in [1.29, 1.82) is 0 Å². The van der Waals surface area contributed by atoms with E-state index in [1.807, 2.05) is 30.3 Å².